The highest BCUT2D eigenvalue weighted by Gasteiger charge is 2.20. The van der Waals surface area contributed by atoms with E-state index in [0.717, 1.165) is 43.1 Å². The van der Waals surface area contributed by atoms with Gasteiger partial charge in [-0.2, -0.15) is 0 Å². The summed E-state index contributed by atoms with van der Waals surface area (Å²) in [7, 11) is 4.03. The summed E-state index contributed by atoms with van der Waals surface area (Å²) in [6.07, 6.45) is 3.60. The molecule has 1 N–H and O–H groups in total. The lowest BCUT2D eigenvalue weighted by Crippen LogP contribution is -2.51. The van der Waals surface area contributed by atoms with Crippen LogP contribution in [0.4, 0.5) is 16.2 Å². The Morgan fingerprint density at radius 3 is 2.28 bits per heavy atom. The zero-order chi connectivity index (χ0) is 17.6. The predicted octanol–water partition coefficient (Wildman–Crippen LogP) is 2.18. The van der Waals surface area contributed by atoms with Crippen molar-refractivity contribution >= 4 is 17.4 Å². The Balaban J connectivity index is 1.46. The summed E-state index contributed by atoms with van der Waals surface area (Å²) in [6.45, 7) is 3.70. The van der Waals surface area contributed by atoms with Gasteiger partial charge in [0.25, 0.3) is 0 Å². The van der Waals surface area contributed by atoms with Crippen LogP contribution in [0.3, 0.4) is 0 Å². The van der Waals surface area contributed by atoms with Crippen molar-refractivity contribution in [3.63, 3.8) is 0 Å². The highest BCUT2D eigenvalue weighted by molar-refractivity contribution is 5.74. The number of anilines is 2. The summed E-state index contributed by atoms with van der Waals surface area (Å²) in [4.78, 5) is 22.6. The lowest BCUT2D eigenvalue weighted by atomic mass is 10.2. The van der Waals surface area contributed by atoms with Crippen LogP contribution >= 0.6 is 0 Å². The number of amides is 2. The van der Waals surface area contributed by atoms with Gasteiger partial charge in [-0.15, -0.1) is 0 Å². The molecule has 132 valence electrons. The van der Waals surface area contributed by atoms with E-state index in [1.54, 1.807) is 12.4 Å². The summed E-state index contributed by atoms with van der Waals surface area (Å²) in [6, 6.07) is 12.3. The van der Waals surface area contributed by atoms with E-state index in [9.17, 15) is 4.79 Å². The lowest BCUT2D eigenvalue weighted by Gasteiger charge is -2.36. The van der Waals surface area contributed by atoms with Crippen LogP contribution in [-0.4, -0.2) is 56.2 Å². The number of benzene rings is 1. The van der Waals surface area contributed by atoms with Crippen molar-refractivity contribution in [2.45, 2.75) is 6.54 Å². The normalized spacial score (nSPS) is 14.3. The van der Waals surface area contributed by atoms with Crippen LogP contribution in [-0.2, 0) is 6.54 Å². The molecule has 2 amide bonds. The van der Waals surface area contributed by atoms with Gasteiger partial charge in [0.15, 0.2) is 0 Å². The molecule has 3 rings (SSSR count). The van der Waals surface area contributed by atoms with Gasteiger partial charge in [0.2, 0.25) is 0 Å². The minimum Gasteiger partial charge on any atom is -0.378 e. The molecular weight excluding hydrogens is 314 g/mol. The average Bonchev–Trinajstić information content (AvgIpc) is 2.67. The molecule has 1 aliphatic heterocycles. The molecule has 1 aromatic carbocycles. The Bertz CT molecular complexity index is 679. The number of hydrogen-bond donors (Lipinski definition) is 1. The molecule has 0 atom stereocenters. The van der Waals surface area contributed by atoms with Gasteiger partial charge in [-0.25, -0.2) is 4.79 Å². The summed E-state index contributed by atoms with van der Waals surface area (Å²) >= 11 is 0. The molecule has 0 spiro atoms. The first kappa shape index (κ1) is 17.1. The number of nitrogens with one attached hydrogen (secondary N) is 1. The van der Waals surface area contributed by atoms with Crippen LogP contribution in [0.25, 0.3) is 0 Å². The second-order valence-electron chi connectivity index (χ2n) is 6.40. The largest absolute Gasteiger partial charge is 0.378 e. The topological polar surface area (TPSA) is 51.7 Å². The second-order valence-corrected chi connectivity index (χ2v) is 6.40. The van der Waals surface area contributed by atoms with Crippen molar-refractivity contribution in [3.05, 3.63) is 54.4 Å². The smallest absolute Gasteiger partial charge is 0.317 e. The zero-order valence-corrected chi connectivity index (χ0v) is 14.9. The van der Waals surface area contributed by atoms with Crippen molar-refractivity contribution in [1.82, 2.24) is 15.2 Å². The standard InChI is InChI=1S/C19H25N5O/c1-22(2)17-5-3-16(4-6-17)15-21-19(25)24-13-11-23(12-14-24)18-7-9-20-10-8-18/h3-10H,11-15H2,1-2H3,(H,21,25). The maximum absolute atomic E-state index is 12.4. The second kappa shape index (κ2) is 7.88. The van der Waals surface area contributed by atoms with Gasteiger partial charge in [0.05, 0.1) is 0 Å². The third kappa shape index (κ3) is 4.41. The van der Waals surface area contributed by atoms with Gasteiger partial charge >= 0.3 is 6.03 Å². The first-order valence-corrected chi connectivity index (χ1v) is 8.57. The average molecular weight is 339 g/mol. The highest BCUT2D eigenvalue weighted by Crippen LogP contribution is 2.15. The first-order valence-electron chi connectivity index (χ1n) is 8.57. The summed E-state index contributed by atoms with van der Waals surface area (Å²) in [5.74, 6) is 0. The Morgan fingerprint density at radius 1 is 1.04 bits per heavy atom. The van der Waals surface area contributed by atoms with Crippen LogP contribution < -0.4 is 15.1 Å². The number of pyridine rings is 1. The van der Waals surface area contributed by atoms with Gasteiger partial charge in [-0.05, 0) is 29.8 Å². The fourth-order valence-electron chi connectivity index (χ4n) is 2.92. The number of rotatable bonds is 4. The van der Waals surface area contributed by atoms with E-state index in [1.807, 2.05) is 31.1 Å². The third-order valence-electron chi connectivity index (χ3n) is 4.49. The van der Waals surface area contributed by atoms with Crippen LogP contribution in [0.5, 0.6) is 0 Å². The fraction of sp³-hybridized carbons (Fsp3) is 0.368. The predicted molar refractivity (Wildman–Crippen MR) is 101 cm³/mol. The minimum atomic E-state index is 0.00562. The molecule has 6 nitrogen and oxygen atoms in total. The number of piperazine rings is 1. The van der Waals surface area contributed by atoms with E-state index >= 15 is 0 Å². The maximum Gasteiger partial charge on any atom is 0.317 e. The van der Waals surface area contributed by atoms with Gasteiger partial charge in [0, 0.05) is 70.6 Å². The fourth-order valence-corrected chi connectivity index (χ4v) is 2.92. The summed E-state index contributed by atoms with van der Waals surface area (Å²) in [5.41, 5.74) is 3.42. The molecular formula is C19H25N5O. The van der Waals surface area contributed by atoms with Crippen LogP contribution in [0.15, 0.2) is 48.8 Å². The van der Waals surface area contributed by atoms with Crippen molar-refractivity contribution in [2.75, 3.05) is 50.1 Å². The Kier molecular flexibility index (Phi) is 5.38. The monoisotopic (exact) mass is 339 g/mol. The molecule has 6 heteroatoms. The molecule has 0 unspecified atom stereocenters. The Labute approximate surface area is 149 Å². The molecule has 1 saturated heterocycles. The van der Waals surface area contributed by atoms with Crippen molar-refractivity contribution in [3.8, 4) is 0 Å². The number of carbonyl (C=O) groups is 1. The molecule has 2 aromatic rings. The van der Waals surface area contributed by atoms with Crippen LogP contribution in [0.1, 0.15) is 5.56 Å². The van der Waals surface area contributed by atoms with E-state index in [2.05, 4.69) is 44.4 Å². The van der Waals surface area contributed by atoms with Crippen molar-refractivity contribution < 1.29 is 4.79 Å². The molecule has 0 radical (unpaired) electrons. The number of aromatic nitrogens is 1. The molecule has 1 aliphatic rings. The quantitative estimate of drug-likeness (QED) is 0.928. The van der Waals surface area contributed by atoms with Crippen molar-refractivity contribution in [2.24, 2.45) is 0 Å². The van der Waals surface area contributed by atoms with E-state index in [0.29, 0.717) is 6.54 Å². The van der Waals surface area contributed by atoms with Gasteiger partial charge in [-0.1, -0.05) is 12.1 Å². The van der Waals surface area contributed by atoms with E-state index in [4.69, 9.17) is 0 Å². The summed E-state index contributed by atoms with van der Waals surface area (Å²) < 4.78 is 0. The molecule has 1 aromatic heterocycles. The third-order valence-corrected chi connectivity index (χ3v) is 4.49. The van der Waals surface area contributed by atoms with Gasteiger partial charge in [0.1, 0.15) is 0 Å². The van der Waals surface area contributed by atoms with Crippen LogP contribution in [0.2, 0.25) is 0 Å². The number of hydrogen-bond acceptors (Lipinski definition) is 4. The van der Waals surface area contributed by atoms with Gasteiger partial charge < -0.3 is 20.0 Å². The highest BCUT2D eigenvalue weighted by atomic mass is 16.2. The lowest BCUT2D eigenvalue weighted by molar-refractivity contribution is 0.194. The van der Waals surface area contributed by atoms with E-state index < -0.39 is 0 Å². The zero-order valence-electron chi connectivity index (χ0n) is 14.9. The van der Waals surface area contributed by atoms with E-state index in [-0.39, 0.29) is 6.03 Å². The maximum atomic E-state index is 12.4. The number of nitrogens with zero attached hydrogens (tertiary/aromatic N) is 4. The molecule has 25 heavy (non-hydrogen) atoms. The van der Waals surface area contributed by atoms with Crippen molar-refractivity contribution in [1.29, 1.82) is 0 Å². The molecule has 0 saturated carbocycles. The molecule has 0 bridgehead atoms. The Hall–Kier alpha value is -2.76. The Morgan fingerprint density at radius 2 is 1.68 bits per heavy atom. The first-order chi connectivity index (χ1) is 12.1. The van der Waals surface area contributed by atoms with Gasteiger partial charge in [-0.3, -0.25) is 4.98 Å². The van der Waals surface area contributed by atoms with Crippen LogP contribution in [0, 0.1) is 0 Å². The summed E-state index contributed by atoms with van der Waals surface area (Å²) in [5, 5.41) is 3.02. The minimum absolute atomic E-state index is 0.00562. The molecule has 2 heterocycles. The molecule has 1 fully saturated rings. The molecule has 0 aliphatic carbocycles. The SMILES string of the molecule is CN(C)c1ccc(CNC(=O)N2CCN(c3ccncc3)CC2)cc1. The van der Waals surface area contributed by atoms with E-state index in [1.165, 1.54) is 0 Å². The number of urea groups is 1. The number of carbonyl (C=O) groups excluding carboxylic acids is 1.